The molecular formula is C32H36N4O7. The molecule has 3 aliphatic rings. The van der Waals surface area contributed by atoms with Crippen LogP contribution in [0, 0.1) is 0 Å². The van der Waals surface area contributed by atoms with Gasteiger partial charge >= 0.3 is 11.7 Å². The van der Waals surface area contributed by atoms with E-state index in [0.29, 0.717) is 30.5 Å². The number of anilines is 1. The number of hydrogen-bond acceptors (Lipinski definition) is 8. The third kappa shape index (κ3) is 5.94. The Morgan fingerprint density at radius 2 is 1.67 bits per heavy atom. The smallest absolute Gasteiger partial charge is 0.410 e. The van der Waals surface area contributed by atoms with Crippen LogP contribution < -0.4 is 15.8 Å². The van der Waals surface area contributed by atoms with Gasteiger partial charge in [-0.15, -0.1) is 0 Å². The second kappa shape index (κ2) is 12.5. The normalized spacial score (nSPS) is 17.2. The minimum atomic E-state index is -1.25. The monoisotopic (exact) mass is 588 g/mol. The van der Waals surface area contributed by atoms with Crippen LogP contribution >= 0.6 is 0 Å². The van der Waals surface area contributed by atoms with E-state index >= 15 is 0 Å². The van der Waals surface area contributed by atoms with Crippen LogP contribution in [0.3, 0.4) is 0 Å². The average Bonchev–Trinajstić information content (AvgIpc) is 3.29. The summed E-state index contributed by atoms with van der Waals surface area (Å²) in [5.74, 6) is -1.27. The number of benzene rings is 2. The predicted octanol–water partition coefficient (Wildman–Crippen LogP) is 2.45. The summed E-state index contributed by atoms with van der Waals surface area (Å²) >= 11 is 0. The second-order valence-corrected chi connectivity index (χ2v) is 11.3. The van der Waals surface area contributed by atoms with Crippen LogP contribution in [0.2, 0.25) is 0 Å². The number of hydrogen-bond donors (Lipinski definition) is 2. The first-order valence-electron chi connectivity index (χ1n) is 15.0. The molecule has 0 spiro atoms. The molecule has 1 aromatic heterocycles. The van der Waals surface area contributed by atoms with Crippen LogP contribution in [0.1, 0.15) is 46.3 Å². The zero-order valence-electron chi connectivity index (χ0n) is 24.0. The van der Waals surface area contributed by atoms with Gasteiger partial charge in [-0.05, 0) is 55.4 Å². The molecule has 1 fully saturated rings. The zero-order chi connectivity index (χ0) is 29.9. The highest BCUT2D eigenvalue weighted by atomic mass is 16.6. The van der Waals surface area contributed by atoms with E-state index in [2.05, 4.69) is 10.2 Å². The number of ether oxygens (including phenoxy) is 1. The minimum Gasteiger partial charge on any atom is -0.445 e. The summed E-state index contributed by atoms with van der Waals surface area (Å²) in [4.78, 5) is 57.6. The van der Waals surface area contributed by atoms with Gasteiger partial charge in [0.1, 0.15) is 23.8 Å². The van der Waals surface area contributed by atoms with Crippen molar-refractivity contribution in [2.24, 2.45) is 0 Å². The highest BCUT2D eigenvalue weighted by Gasteiger charge is 2.31. The lowest BCUT2D eigenvalue weighted by Gasteiger charge is -2.37. The summed E-state index contributed by atoms with van der Waals surface area (Å²) in [5, 5.41) is 13.2. The number of aliphatic hydroxyl groups is 1. The Morgan fingerprint density at radius 3 is 2.47 bits per heavy atom. The molecule has 1 saturated heterocycles. The van der Waals surface area contributed by atoms with Crippen LogP contribution in [-0.2, 0) is 29.0 Å². The van der Waals surface area contributed by atoms with E-state index in [-0.39, 0.29) is 25.3 Å². The summed E-state index contributed by atoms with van der Waals surface area (Å²) < 4.78 is 11.2. The maximum Gasteiger partial charge on any atom is 0.410 e. The van der Waals surface area contributed by atoms with Crippen LogP contribution in [-0.4, -0.2) is 84.7 Å². The molecule has 4 heterocycles. The Hall–Kier alpha value is -4.38. The van der Waals surface area contributed by atoms with Crippen LogP contribution in [0.4, 0.5) is 10.5 Å². The van der Waals surface area contributed by atoms with Crippen molar-refractivity contribution in [2.75, 3.05) is 50.8 Å². The molecule has 3 aliphatic heterocycles. The van der Waals surface area contributed by atoms with Gasteiger partial charge in [0, 0.05) is 55.9 Å². The van der Waals surface area contributed by atoms with Gasteiger partial charge in [-0.1, -0.05) is 30.3 Å². The van der Waals surface area contributed by atoms with Crippen molar-refractivity contribution >= 4 is 34.6 Å². The minimum absolute atomic E-state index is 0.155. The topological polar surface area (TPSA) is 133 Å². The van der Waals surface area contributed by atoms with Crippen molar-refractivity contribution in [3.05, 3.63) is 75.1 Å². The lowest BCUT2D eigenvalue weighted by atomic mass is 9.90. The van der Waals surface area contributed by atoms with E-state index in [9.17, 15) is 24.3 Å². The van der Waals surface area contributed by atoms with E-state index in [1.54, 1.807) is 4.90 Å². The van der Waals surface area contributed by atoms with E-state index in [4.69, 9.17) is 9.15 Å². The van der Waals surface area contributed by atoms with Gasteiger partial charge in [-0.2, -0.15) is 0 Å². The summed E-state index contributed by atoms with van der Waals surface area (Å²) in [6, 6.07) is 11.7. The van der Waals surface area contributed by atoms with Gasteiger partial charge in [-0.3, -0.25) is 9.59 Å². The number of carbonyl (C=O) groups is 3. The van der Waals surface area contributed by atoms with Crippen molar-refractivity contribution in [3.8, 4) is 0 Å². The Kier molecular flexibility index (Phi) is 8.33. The van der Waals surface area contributed by atoms with Crippen molar-refractivity contribution in [2.45, 2.75) is 44.8 Å². The molecular weight excluding hydrogens is 552 g/mol. The molecule has 0 bridgehead atoms. The van der Waals surface area contributed by atoms with Gasteiger partial charge in [0.15, 0.2) is 0 Å². The molecule has 11 heteroatoms. The number of nitrogens with one attached hydrogen (secondary N) is 1. The van der Waals surface area contributed by atoms with E-state index in [1.807, 2.05) is 36.4 Å². The first-order chi connectivity index (χ1) is 20.9. The quantitative estimate of drug-likeness (QED) is 0.420. The summed E-state index contributed by atoms with van der Waals surface area (Å²) in [5.41, 5.74) is 3.77. The Bertz CT molecular complexity index is 1590. The number of carbonyl (C=O) groups excluding carboxylic acids is 3. The fourth-order valence-electron chi connectivity index (χ4n) is 6.38. The van der Waals surface area contributed by atoms with Gasteiger partial charge in [0.25, 0.3) is 5.91 Å². The first-order valence-corrected chi connectivity index (χ1v) is 15.0. The molecule has 6 rings (SSSR count). The van der Waals surface area contributed by atoms with Crippen LogP contribution in [0.15, 0.2) is 51.7 Å². The fraction of sp³-hybridized carbons (Fsp3) is 0.438. The molecule has 1 atom stereocenters. The SMILES string of the molecule is O=C(N[C@@H](CO)C(=O)N1CCCN(C(=O)OCc2ccccc2)CC1)c1cc2cc3c4c(c2oc1=O)CCCN4CCC3. The van der Waals surface area contributed by atoms with E-state index in [0.717, 1.165) is 55.6 Å². The molecule has 3 aromatic rings. The summed E-state index contributed by atoms with van der Waals surface area (Å²) in [6.07, 6.45) is 3.80. The molecule has 43 heavy (non-hydrogen) atoms. The predicted molar refractivity (Wildman–Crippen MR) is 159 cm³/mol. The summed E-state index contributed by atoms with van der Waals surface area (Å²) in [7, 11) is 0. The number of fused-ring (bicyclic) bond motifs is 2. The molecule has 2 aromatic carbocycles. The number of amides is 3. The van der Waals surface area contributed by atoms with Gasteiger partial charge in [0.2, 0.25) is 5.91 Å². The number of aryl methyl sites for hydroxylation is 2. The molecule has 0 radical (unpaired) electrons. The maximum atomic E-state index is 13.3. The number of rotatable bonds is 6. The maximum absolute atomic E-state index is 13.3. The average molecular weight is 589 g/mol. The Balaban J connectivity index is 1.12. The fourth-order valence-corrected chi connectivity index (χ4v) is 6.38. The van der Waals surface area contributed by atoms with Gasteiger partial charge < -0.3 is 34.3 Å². The molecule has 0 unspecified atom stereocenters. The number of nitrogens with zero attached hydrogens (tertiary/aromatic N) is 3. The van der Waals surface area contributed by atoms with Gasteiger partial charge in [-0.25, -0.2) is 9.59 Å². The Labute approximate surface area is 249 Å². The largest absolute Gasteiger partial charge is 0.445 e. The molecule has 226 valence electrons. The van der Waals surface area contributed by atoms with Crippen molar-refractivity contribution in [1.29, 1.82) is 0 Å². The van der Waals surface area contributed by atoms with Crippen molar-refractivity contribution < 1.29 is 28.6 Å². The lowest BCUT2D eigenvalue weighted by molar-refractivity contribution is -0.134. The third-order valence-electron chi connectivity index (χ3n) is 8.52. The van der Waals surface area contributed by atoms with Crippen molar-refractivity contribution in [3.63, 3.8) is 0 Å². The van der Waals surface area contributed by atoms with Crippen LogP contribution in [0.25, 0.3) is 11.0 Å². The number of aliphatic hydroxyl groups excluding tert-OH is 1. The molecule has 11 nitrogen and oxygen atoms in total. The van der Waals surface area contributed by atoms with E-state index in [1.165, 1.54) is 16.5 Å². The molecule has 0 aliphatic carbocycles. The van der Waals surface area contributed by atoms with Crippen molar-refractivity contribution in [1.82, 2.24) is 15.1 Å². The van der Waals surface area contributed by atoms with Crippen LogP contribution in [0.5, 0.6) is 0 Å². The lowest BCUT2D eigenvalue weighted by Crippen LogP contribution is -2.52. The zero-order valence-corrected chi connectivity index (χ0v) is 24.0. The van der Waals surface area contributed by atoms with E-state index < -0.39 is 36.2 Å². The second-order valence-electron chi connectivity index (χ2n) is 11.3. The highest BCUT2D eigenvalue weighted by molar-refractivity contribution is 6.00. The third-order valence-corrected chi connectivity index (χ3v) is 8.52. The summed E-state index contributed by atoms with van der Waals surface area (Å²) in [6.45, 7) is 2.71. The Morgan fingerprint density at radius 1 is 0.930 bits per heavy atom. The standard InChI is InChI=1S/C32H36N4O7/c37-19-26(30(39)35-13-6-14-36(16-15-35)32(41)42-20-21-7-2-1-3-8-21)33-29(38)25-18-23-17-22-9-4-11-34-12-5-10-24(27(22)34)28(23)43-31(25)40/h1-3,7-8,17-18,26,37H,4-6,9-16,19-20H2,(H,33,38)/t26-/m0/s1. The molecule has 0 saturated carbocycles. The molecule has 2 N–H and O–H groups in total. The van der Waals surface area contributed by atoms with Gasteiger partial charge in [0.05, 0.1) is 6.61 Å². The first kappa shape index (κ1) is 28.7. The molecule has 3 amide bonds. The highest BCUT2D eigenvalue weighted by Crippen LogP contribution is 2.39.